The average molecular weight is 150 g/mol. The predicted octanol–water partition coefficient (Wildman–Crippen LogP) is -2.66. The second kappa shape index (κ2) is 25.5. The third kappa shape index (κ3) is 35.0. The van der Waals surface area contributed by atoms with Crippen LogP contribution in [0.15, 0.2) is 10.3 Å². The van der Waals surface area contributed by atoms with E-state index in [0.29, 0.717) is 0 Å². The van der Waals surface area contributed by atoms with Crippen LogP contribution in [0.5, 0.6) is 0 Å². The van der Waals surface area contributed by atoms with Crippen molar-refractivity contribution in [3.63, 3.8) is 0 Å². The first-order chi connectivity index (χ1) is 2.91. The highest BCUT2D eigenvalue weighted by molar-refractivity contribution is 6.15. The molecule has 0 heterocycles. The van der Waals surface area contributed by atoms with Gasteiger partial charge in [-0.15, -0.1) is 0 Å². The maximum atomic E-state index is 7.56. The van der Waals surface area contributed by atoms with E-state index in [1.807, 2.05) is 0 Å². The Labute approximate surface area is 67.6 Å². The third-order valence-electron chi connectivity index (χ3n) is 0.200. The monoisotopic (exact) mass is 150 g/mol. The Kier molecular flexibility index (Phi) is 66.3. The summed E-state index contributed by atoms with van der Waals surface area (Å²) in [6, 6.07) is 0. The predicted molar refractivity (Wildman–Crippen MR) is 36.3 cm³/mol. The summed E-state index contributed by atoms with van der Waals surface area (Å²) in [6.45, 7) is 0. The summed E-state index contributed by atoms with van der Waals surface area (Å²) < 4.78 is 0. The highest BCUT2D eigenvalue weighted by atomic mass is 24.3. The fraction of sp³-hybridized carbons (Fsp3) is 0. The van der Waals surface area contributed by atoms with Gasteiger partial charge < -0.3 is 21.4 Å². The minimum Gasteiger partial charge on any atom is -0.412 e. The summed E-state index contributed by atoms with van der Waals surface area (Å²) in [6.07, 6.45) is 1.89. The van der Waals surface area contributed by atoms with Crippen LogP contribution in [0, 0.1) is 0 Å². The Morgan fingerprint density at radius 2 is 1.11 bits per heavy atom. The molecule has 9 heavy (non-hydrogen) atoms. The fourth-order valence-electron chi connectivity index (χ4n) is 0.0596. The molecule has 0 radical (unpaired) electrons. The fourth-order valence-corrected chi connectivity index (χ4v) is 0.0596. The first kappa shape index (κ1) is 23.4. The molecular formula is C2H10MgN2O4. The van der Waals surface area contributed by atoms with Crippen molar-refractivity contribution in [2.24, 2.45) is 10.3 Å². The van der Waals surface area contributed by atoms with Crippen LogP contribution in [0.3, 0.4) is 0 Å². The minimum absolute atomic E-state index is 0. The van der Waals surface area contributed by atoms with Crippen LogP contribution < -0.4 is 0 Å². The molecule has 0 rings (SSSR count). The van der Waals surface area contributed by atoms with E-state index >= 15 is 0 Å². The molecule has 0 saturated heterocycles. The molecule has 0 aliphatic carbocycles. The Balaban J connectivity index is -0.0000000417. The van der Waals surface area contributed by atoms with E-state index in [2.05, 4.69) is 10.3 Å². The zero-order valence-corrected chi connectivity index (χ0v) is 3.94. The quantitative estimate of drug-likeness (QED) is 0.183. The molecule has 6 N–H and O–H groups in total. The summed E-state index contributed by atoms with van der Waals surface area (Å²) in [5, 5.41) is 20.1. The van der Waals surface area contributed by atoms with Crippen LogP contribution in [-0.2, 0) is 0 Å². The van der Waals surface area contributed by atoms with Crippen LogP contribution in [0.2, 0.25) is 0 Å². The van der Waals surface area contributed by atoms with Gasteiger partial charge in [-0.05, 0) is 0 Å². The van der Waals surface area contributed by atoms with Crippen LogP contribution in [0.1, 0.15) is 0 Å². The molecule has 0 saturated carbocycles. The number of nitrogens with zero attached hydrogens (tertiary/aromatic N) is 2. The van der Waals surface area contributed by atoms with E-state index in [9.17, 15) is 0 Å². The van der Waals surface area contributed by atoms with Gasteiger partial charge in [0, 0.05) is 0 Å². The Morgan fingerprint density at radius 1 is 0.889 bits per heavy atom. The molecule has 0 fully saturated rings. The molecule has 0 aliphatic rings. The maximum Gasteiger partial charge on any atom is 0.316 e. The lowest BCUT2D eigenvalue weighted by Gasteiger charge is -1.62. The molecule has 6 nitrogen and oxygen atoms in total. The van der Waals surface area contributed by atoms with Crippen molar-refractivity contribution in [1.29, 1.82) is 0 Å². The number of oxime groups is 2. The van der Waals surface area contributed by atoms with Crippen molar-refractivity contribution in [1.82, 2.24) is 0 Å². The van der Waals surface area contributed by atoms with E-state index in [1.165, 1.54) is 0 Å². The molecule has 0 aromatic carbocycles. The van der Waals surface area contributed by atoms with Crippen LogP contribution >= 0.6 is 0 Å². The van der Waals surface area contributed by atoms with Crippen molar-refractivity contribution in [2.75, 3.05) is 0 Å². The highest BCUT2D eigenvalue weighted by Crippen LogP contribution is 1.45. The molecule has 0 spiro atoms. The van der Waals surface area contributed by atoms with Gasteiger partial charge in [0.1, 0.15) is 0 Å². The largest absolute Gasteiger partial charge is 0.412 e. The smallest absolute Gasteiger partial charge is 0.316 e. The molecule has 0 aromatic heterocycles. The maximum absolute atomic E-state index is 7.56. The number of rotatable bonds is 1. The van der Waals surface area contributed by atoms with Crippen LogP contribution in [0.4, 0.5) is 0 Å². The number of hydrogen-bond donors (Lipinski definition) is 2. The van der Waals surface area contributed by atoms with Gasteiger partial charge in [0.05, 0.1) is 12.4 Å². The van der Waals surface area contributed by atoms with Gasteiger partial charge in [0.2, 0.25) is 0 Å². The van der Waals surface area contributed by atoms with Crippen molar-refractivity contribution in [3.8, 4) is 0 Å². The van der Waals surface area contributed by atoms with Gasteiger partial charge in [-0.3, -0.25) is 0 Å². The second-order valence-electron chi connectivity index (χ2n) is 0.529. The molecule has 54 valence electrons. The Bertz CT molecular complexity index is 65.0. The van der Waals surface area contributed by atoms with Crippen molar-refractivity contribution in [2.45, 2.75) is 0 Å². The van der Waals surface area contributed by atoms with Gasteiger partial charge in [-0.1, -0.05) is 10.3 Å². The molecule has 0 aliphatic heterocycles. The third-order valence-corrected chi connectivity index (χ3v) is 0.200. The van der Waals surface area contributed by atoms with E-state index in [0.717, 1.165) is 12.4 Å². The molecule has 0 atom stereocenters. The Hall–Kier alpha value is -0.374. The lowest BCUT2D eigenvalue weighted by molar-refractivity contribution is 0.317. The normalized spacial score (nSPS) is 7.56. The molecule has 7 heteroatoms. The van der Waals surface area contributed by atoms with Gasteiger partial charge in [0.15, 0.2) is 0 Å². The average Bonchev–Trinajstić information content (AvgIpc) is 1.61. The molecule has 0 bridgehead atoms. The summed E-state index contributed by atoms with van der Waals surface area (Å²) >= 11 is 0. The van der Waals surface area contributed by atoms with E-state index in [4.69, 9.17) is 10.4 Å². The van der Waals surface area contributed by atoms with Crippen molar-refractivity contribution < 1.29 is 21.4 Å². The van der Waals surface area contributed by atoms with Gasteiger partial charge in [-0.2, -0.15) is 0 Å². The first-order valence-electron chi connectivity index (χ1n) is 1.25. The van der Waals surface area contributed by atoms with Gasteiger partial charge in [0.25, 0.3) is 0 Å². The summed E-state index contributed by atoms with van der Waals surface area (Å²) in [5.74, 6) is 0. The van der Waals surface area contributed by atoms with Crippen molar-refractivity contribution >= 4 is 35.5 Å². The zero-order chi connectivity index (χ0) is 4.83. The van der Waals surface area contributed by atoms with Crippen LogP contribution in [0.25, 0.3) is 0 Å². The van der Waals surface area contributed by atoms with E-state index in [1.54, 1.807) is 0 Å². The minimum atomic E-state index is 0. The standard InChI is InChI=1S/C2H4N2O2.Mg.2H2O.2H/c5-3-1-2-4-6;;;;;/h1-2,5-6H;;2*1H2;;/b3-1+,4-2+;;;;;. The summed E-state index contributed by atoms with van der Waals surface area (Å²) in [5.41, 5.74) is 0. The van der Waals surface area contributed by atoms with Crippen LogP contribution in [-0.4, -0.2) is 56.8 Å². The lowest BCUT2D eigenvalue weighted by Crippen LogP contribution is -1.70. The SMILES string of the molecule is O.O.O/N=C/C=N/O.[MgH2]. The Morgan fingerprint density at radius 3 is 1.22 bits per heavy atom. The lowest BCUT2D eigenvalue weighted by atomic mass is 10.8. The van der Waals surface area contributed by atoms with Gasteiger partial charge >= 0.3 is 23.1 Å². The van der Waals surface area contributed by atoms with E-state index in [-0.39, 0.29) is 34.0 Å². The number of hydrogen-bond acceptors (Lipinski definition) is 4. The molecule has 0 amide bonds. The first-order valence-corrected chi connectivity index (χ1v) is 1.25. The zero-order valence-electron chi connectivity index (χ0n) is 3.94. The molecular weight excluding hydrogens is 140 g/mol. The van der Waals surface area contributed by atoms with Gasteiger partial charge in [-0.25, -0.2) is 0 Å². The van der Waals surface area contributed by atoms with E-state index < -0.39 is 0 Å². The topological polar surface area (TPSA) is 128 Å². The molecule has 0 aromatic rings. The van der Waals surface area contributed by atoms with Crippen molar-refractivity contribution in [3.05, 3.63) is 0 Å². The summed E-state index contributed by atoms with van der Waals surface area (Å²) in [7, 11) is 0. The summed E-state index contributed by atoms with van der Waals surface area (Å²) in [4.78, 5) is 0. The molecule has 0 unspecified atom stereocenters. The highest BCUT2D eigenvalue weighted by Gasteiger charge is 1.54. The second-order valence-corrected chi connectivity index (χ2v) is 0.529.